The van der Waals surface area contributed by atoms with Gasteiger partial charge >= 0.3 is 12.2 Å². The van der Waals surface area contributed by atoms with Crippen molar-refractivity contribution in [3.05, 3.63) is 107 Å². The van der Waals surface area contributed by atoms with Gasteiger partial charge in [0.05, 0.1) is 18.2 Å². The van der Waals surface area contributed by atoms with Gasteiger partial charge in [0.1, 0.15) is 0 Å². The number of aliphatic hydroxyl groups is 1. The van der Waals surface area contributed by atoms with Crippen molar-refractivity contribution >= 4 is 11.9 Å². The summed E-state index contributed by atoms with van der Waals surface area (Å²) in [5.41, 5.74) is -1.06. The number of nitrogens with zero attached hydrogens (tertiary/aromatic N) is 1. The van der Waals surface area contributed by atoms with Crippen LogP contribution >= 0.6 is 0 Å². The third-order valence-electron chi connectivity index (χ3n) is 5.50. The van der Waals surface area contributed by atoms with Crippen LogP contribution in [-0.4, -0.2) is 28.5 Å². The number of hydrogen-bond donors (Lipinski definition) is 2. The van der Waals surface area contributed by atoms with Crippen molar-refractivity contribution in [2.75, 3.05) is 6.54 Å². The van der Waals surface area contributed by atoms with Crippen molar-refractivity contribution in [1.82, 2.24) is 10.2 Å². The van der Waals surface area contributed by atoms with E-state index in [0.717, 1.165) is 29.2 Å². The number of alkyl halides is 3. The second-order valence-corrected chi connectivity index (χ2v) is 7.46. The van der Waals surface area contributed by atoms with Crippen molar-refractivity contribution < 1.29 is 27.9 Å². The maximum atomic E-state index is 13.6. The molecule has 1 unspecified atom stereocenters. The Balaban J connectivity index is 1.65. The Morgan fingerprint density at radius 3 is 1.81 bits per heavy atom. The number of β-amino-alcohol motifs (C(OH)–C–C–N with tert-alkyl or cyclic N) is 1. The van der Waals surface area contributed by atoms with E-state index >= 15 is 0 Å². The van der Waals surface area contributed by atoms with Gasteiger partial charge in [0, 0.05) is 0 Å². The van der Waals surface area contributed by atoms with Crippen molar-refractivity contribution in [3.8, 4) is 0 Å². The zero-order chi connectivity index (χ0) is 22.9. The van der Waals surface area contributed by atoms with Gasteiger partial charge in [-0.2, -0.15) is 13.2 Å². The van der Waals surface area contributed by atoms with Crippen LogP contribution in [-0.2, 0) is 16.5 Å². The molecule has 164 valence electrons. The standard InChI is InChI=1S/C24H19F3N2O3/c25-24(26,27)19-13-11-16(12-14-19)20(30)15-29-21(31)23(28-22(29)32,17-7-3-1-4-8-17)18-9-5-2-6-10-18/h1-14,20,30H,15H2,(H,28,32). The van der Waals surface area contributed by atoms with E-state index in [4.69, 9.17) is 0 Å². The summed E-state index contributed by atoms with van der Waals surface area (Å²) in [6.45, 7) is -0.405. The molecule has 5 nitrogen and oxygen atoms in total. The molecular weight excluding hydrogens is 421 g/mol. The summed E-state index contributed by atoms with van der Waals surface area (Å²) in [5.74, 6) is -0.578. The smallest absolute Gasteiger partial charge is 0.387 e. The van der Waals surface area contributed by atoms with Crippen LogP contribution in [0.25, 0.3) is 0 Å². The van der Waals surface area contributed by atoms with Crippen molar-refractivity contribution in [2.45, 2.75) is 17.8 Å². The lowest BCUT2D eigenvalue weighted by atomic mass is 9.82. The molecule has 1 heterocycles. The fraction of sp³-hybridized carbons (Fsp3) is 0.167. The van der Waals surface area contributed by atoms with Gasteiger partial charge in [0.2, 0.25) is 0 Å². The number of carbonyl (C=O) groups excluding carboxylic acids is 2. The monoisotopic (exact) mass is 440 g/mol. The number of aliphatic hydroxyl groups excluding tert-OH is 1. The number of benzene rings is 3. The SMILES string of the molecule is O=C1NC(c2ccccc2)(c2ccccc2)C(=O)N1CC(O)c1ccc(C(F)(F)F)cc1. The topological polar surface area (TPSA) is 69.6 Å². The molecule has 0 bridgehead atoms. The van der Waals surface area contributed by atoms with Crippen LogP contribution in [0.5, 0.6) is 0 Å². The minimum absolute atomic E-state index is 0.163. The van der Waals surface area contributed by atoms with E-state index in [2.05, 4.69) is 5.32 Å². The molecular formula is C24H19F3N2O3. The molecule has 8 heteroatoms. The Morgan fingerprint density at radius 1 is 0.844 bits per heavy atom. The lowest BCUT2D eigenvalue weighted by Crippen LogP contribution is -2.45. The Labute approximate surface area is 182 Å². The van der Waals surface area contributed by atoms with Crippen LogP contribution in [0, 0.1) is 0 Å². The second-order valence-electron chi connectivity index (χ2n) is 7.46. The van der Waals surface area contributed by atoms with Gasteiger partial charge in [-0.1, -0.05) is 72.8 Å². The van der Waals surface area contributed by atoms with Gasteiger partial charge < -0.3 is 10.4 Å². The zero-order valence-corrected chi connectivity index (χ0v) is 16.7. The normalized spacial score (nSPS) is 16.7. The van der Waals surface area contributed by atoms with Crippen molar-refractivity contribution in [3.63, 3.8) is 0 Å². The molecule has 2 N–H and O–H groups in total. The average molecular weight is 440 g/mol. The molecule has 3 amide bonds. The predicted octanol–water partition coefficient (Wildman–Crippen LogP) is 4.23. The third-order valence-corrected chi connectivity index (χ3v) is 5.50. The highest BCUT2D eigenvalue weighted by atomic mass is 19.4. The van der Waals surface area contributed by atoms with Crippen LogP contribution in [0.1, 0.15) is 28.4 Å². The number of halogens is 3. The summed E-state index contributed by atoms with van der Waals surface area (Å²) in [7, 11) is 0. The lowest BCUT2D eigenvalue weighted by molar-refractivity contribution is -0.137. The molecule has 0 aliphatic carbocycles. The summed E-state index contributed by atoms with van der Waals surface area (Å²) in [5, 5.41) is 13.3. The first-order valence-corrected chi connectivity index (χ1v) is 9.84. The van der Waals surface area contributed by atoms with E-state index in [-0.39, 0.29) is 5.56 Å². The minimum Gasteiger partial charge on any atom is -0.387 e. The van der Waals surface area contributed by atoms with E-state index in [0.29, 0.717) is 11.1 Å². The van der Waals surface area contributed by atoms with Gasteiger partial charge in [0.25, 0.3) is 5.91 Å². The van der Waals surface area contributed by atoms with Crippen LogP contribution in [0.2, 0.25) is 0 Å². The first-order valence-electron chi connectivity index (χ1n) is 9.84. The molecule has 1 atom stereocenters. The van der Waals surface area contributed by atoms with Crippen molar-refractivity contribution in [1.29, 1.82) is 0 Å². The van der Waals surface area contributed by atoms with Gasteiger partial charge in [-0.15, -0.1) is 0 Å². The summed E-state index contributed by atoms with van der Waals surface area (Å²) >= 11 is 0. The zero-order valence-electron chi connectivity index (χ0n) is 16.7. The highest BCUT2D eigenvalue weighted by molar-refractivity contribution is 6.09. The second kappa shape index (κ2) is 8.12. The maximum absolute atomic E-state index is 13.6. The first-order chi connectivity index (χ1) is 15.2. The summed E-state index contributed by atoms with van der Waals surface area (Å²) in [6, 6.07) is 20.7. The Morgan fingerprint density at radius 2 is 1.34 bits per heavy atom. The molecule has 3 aromatic rings. The largest absolute Gasteiger partial charge is 0.416 e. The molecule has 1 saturated heterocycles. The van der Waals surface area contributed by atoms with Gasteiger partial charge in [-0.05, 0) is 28.8 Å². The summed E-state index contributed by atoms with van der Waals surface area (Å²) in [6.07, 6.45) is -5.85. The molecule has 0 aromatic heterocycles. The van der Waals surface area contributed by atoms with Crippen molar-refractivity contribution in [2.24, 2.45) is 0 Å². The number of amides is 3. The van der Waals surface area contributed by atoms with E-state index < -0.39 is 41.9 Å². The molecule has 1 aliphatic heterocycles. The molecule has 3 aromatic carbocycles. The quantitative estimate of drug-likeness (QED) is 0.584. The molecule has 0 radical (unpaired) electrons. The number of nitrogens with one attached hydrogen (secondary N) is 1. The molecule has 0 spiro atoms. The van der Waals surface area contributed by atoms with E-state index in [1.54, 1.807) is 60.7 Å². The first kappa shape index (κ1) is 21.6. The van der Waals surface area contributed by atoms with Crippen LogP contribution in [0.15, 0.2) is 84.9 Å². The number of rotatable bonds is 5. The average Bonchev–Trinajstić information content (AvgIpc) is 3.05. The van der Waals surface area contributed by atoms with E-state index in [1.807, 2.05) is 0 Å². The van der Waals surface area contributed by atoms with Gasteiger partial charge in [-0.25, -0.2) is 4.79 Å². The number of hydrogen-bond acceptors (Lipinski definition) is 3. The summed E-state index contributed by atoms with van der Waals surface area (Å²) in [4.78, 5) is 27.3. The van der Waals surface area contributed by atoms with E-state index in [9.17, 15) is 27.9 Å². The number of imide groups is 1. The van der Waals surface area contributed by atoms with Gasteiger partial charge in [0.15, 0.2) is 5.54 Å². The van der Waals surface area contributed by atoms with Crippen LogP contribution in [0.4, 0.5) is 18.0 Å². The molecule has 32 heavy (non-hydrogen) atoms. The highest BCUT2D eigenvalue weighted by Crippen LogP contribution is 2.37. The lowest BCUT2D eigenvalue weighted by Gasteiger charge is -2.28. The Hall–Kier alpha value is -3.65. The number of urea groups is 1. The fourth-order valence-electron chi connectivity index (χ4n) is 3.85. The van der Waals surface area contributed by atoms with Crippen LogP contribution < -0.4 is 5.32 Å². The third kappa shape index (κ3) is 3.73. The molecule has 1 aliphatic rings. The van der Waals surface area contributed by atoms with Crippen LogP contribution in [0.3, 0.4) is 0 Å². The Bertz CT molecular complexity index is 1080. The maximum Gasteiger partial charge on any atom is 0.416 e. The predicted molar refractivity (Wildman–Crippen MR) is 110 cm³/mol. The fourth-order valence-corrected chi connectivity index (χ4v) is 3.85. The summed E-state index contributed by atoms with van der Waals surface area (Å²) < 4.78 is 38.4. The molecule has 4 rings (SSSR count). The Kier molecular flexibility index (Phi) is 5.48. The van der Waals surface area contributed by atoms with Gasteiger partial charge in [-0.3, -0.25) is 9.69 Å². The van der Waals surface area contributed by atoms with E-state index in [1.165, 1.54) is 0 Å². The minimum atomic E-state index is -4.50. The molecule has 1 fully saturated rings. The highest BCUT2D eigenvalue weighted by Gasteiger charge is 2.53. The molecule has 0 saturated carbocycles. The number of carbonyl (C=O) groups is 2.